The van der Waals surface area contributed by atoms with Gasteiger partial charge in [0.2, 0.25) is 11.8 Å². The maximum atomic E-state index is 12.8. The van der Waals surface area contributed by atoms with Crippen LogP contribution in [0.15, 0.2) is 33.9 Å². The Morgan fingerprint density at radius 1 is 1.28 bits per heavy atom. The summed E-state index contributed by atoms with van der Waals surface area (Å²) in [5, 5.41) is 12.5. The second-order valence-electron chi connectivity index (χ2n) is 7.49. The van der Waals surface area contributed by atoms with Gasteiger partial charge in [-0.05, 0) is 32.8 Å². The molecular formula is C20H24N6O3. The largest absolute Gasteiger partial charge is 0.338 e. The topological polar surface area (TPSA) is 104 Å². The highest BCUT2D eigenvalue weighted by Gasteiger charge is 2.39. The number of nitrogens with zero attached hydrogens (tertiary/aromatic N) is 5. The Bertz CT molecular complexity index is 951. The average Bonchev–Trinajstić information content (AvgIpc) is 3.41. The number of urea groups is 1. The molecule has 3 heterocycles. The summed E-state index contributed by atoms with van der Waals surface area (Å²) >= 11 is 0. The van der Waals surface area contributed by atoms with Crippen molar-refractivity contribution in [2.45, 2.75) is 45.7 Å². The summed E-state index contributed by atoms with van der Waals surface area (Å²) in [4.78, 5) is 31.2. The second-order valence-corrected chi connectivity index (χ2v) is 7.49. The van der Waals surface area contributed by atoms with Gasteiger partial charge in [-0.15, -0.1) is 0 Å². The number of amides is 3. The minimum atomic E-state index is -0.450. The molecule has 1 unspecified atom stereocenters. The lowest BCUT2D eigenvalue weighted by atomic mass is 10.0. The third-order valence-corrected chi connectivity index (χ3v) is 5.21. The van der Waals surface area contributed by atoms with E-state index in [2.05, 4.69) is 20.6 Å². The Morgan fingerprint density at radius 2 is 2.03 bits per heavy atom. The molecule has 4 rings (SSSR count). The molecule has 0 spiro atoms. The van der Waals surface area contributed by atoms with Crippen LogP contribution in [0.4, 0.5) is 4.79 Å². The number of hydrogen-bond acceptors (Lipinski definition) is 6. The molecule has 152 valence electrons. The SMILES string of the molecule is Cc1ccc(C2=NN(C(=O)N[C@H](C)c3nc(C)no3)CC2N2CCCC2=O)cc1. The van der Waals surface area contributed by atoms with Gasteiger partial charge in [-0.25, -0.2) is 9.80 Å². The maximum Gasteiger partial charge on any atom is 0.338 e. The first-order valence-corrected chi connectivity index (χ1v) is 9.75. The number of likely N-dealkylation sites (tertiary alicyclic amines) is 1. The van der Waals surface area contributed by atoms with Crippen molar-refractivity contribution in [1.82, 2.24) is 25.4 Å². The molecule has 1 N–H and O–H groups in total. The van der Waals surface area contributed by atoms with Crippen LogP contribution >= 0.6 is 0 Å². The van der Waals surface area contributed by atoms with Crippen molar-refractivity contribution in [2.24, 2.45) is 5.10 Å². The van der Waals surface area contributed by atoms with Crippen LogP contribution in [0, 0.1) is 13.8 Å². The first-order chi connectivity index (χ1) is 13.9. The smallest absolute Gasteiger partial charge is 0.337 e. The Hall–Kier alpha value is -3.23. The van der Waals surface area contributed by atoms with E-state index in [1.165, 1.54) is 5.01 Å². The van der Waals surface area contributed by atoms with E-state index in [0.29, 0.717) is 31.2 Å². The molecule has 2 aliphatic heterocycles. The molecule has 2 aromatic rings. The highest BCUT2D eigenvalue weighted by molar-refractivity contribution is 6.08. The van der Waals surface area contributed by atoms with Crippen LogP contribution in [0.25, 0.3) is 0 Å². The van der Waals surface area contributed by atoms with E-state index < -0.39 is 6.04 Å². The number of hydrogen-bond donors (Lipinski definition) is 1. The van der Waals surface area contributed by atoms with Crippen molar-refractivity contribution in [3.8, 4) is 0 Å². The van der Waals surface area contributed by atoms with Crippen LogP contribution in [-0.4, -0.2) is 56.8 Å². The van der Waals surface area contributed by atoms with Gasteiger partial charge in [0.15, 0.2) is 5.82 Å². The van der Waals surface area contributed by atoms with E-state index in [0.717, 1.165) is 23.3 Å². The fourth-order valence-corrected chi connectivity index (χ4v) is 3.65. The Balaban J connectivity index is 1.56. The van der Waals surface area contributed by atoms with Crippen molar-refractivity contribution in [1.29, 1.82) is 0 Å². The lowest BCUT2D eigenvalue weighted by Crippen LogP contribution is -2.46. The van der Waals surface area contributed by atoms with Gasteiger partial charge < -0.3 is 14.7 Å². The fraction of sp³-hybridized carbons (Fsp3) is 0.450. The lowest BCUT2D eigenvalue weighted by molar-refractivity contribution is -0.128. The van der Waals surface area contributed by atoms with Crippen LogP contribution in [0.1, 0.15) is 48.6 Å². The summed E-state index contributed by atoms with van der Waals surface area (Å²) in [5.74, 6) is 0.949. The summed E-state index contributed by atoms with van der Waals surface area (Å²) < 4.78 is 5.12. The van der Waals surface area contributed by atoms with Gasteiger partial charge in [-0.2, -0.15) is 10.1 Å². The molecule has 0 radical (unpaired) electrons. The molecule has 1 fully saturated rings. The summed E-state index contributed by atoms with van der Waals surface area (Å²) in [6, 6.07) is 6.90. The predicted molar refractivity (Wildman–Crippen MR) is 105 cm³/mol. The lowest BCUT2D eigenvalue weighted by Gasteiger charge is -2.25. The molecule has 3 amide bonds. The first kappa shape index (κ1) is 19.1. The zero-order chi connectivity index (χ0) is 20.5. The zero-order valence-electron chi connectivity index (χ0n) is 16.8. The number of carbonyl (C=O) groups is 2. The van der Waals surface area contributed by atoms with Gasteiger partial charge in [0.25, 0.3) is 0 Å². The molecule has 9 nitrogen and oxygen atoms in total. The van der Waals surface area contributed by atoms with Gasteiger partial charge in [0.05, 0.1) is 18.3 Å². The second kappa shape index (κ2) is 7.65. The number of aromatic nitrogens is 2. The van der Waals surface area contributed by atoms with E-state index in [1.807, 2.05) is 36.1 Å². The number of nitrogens with one attached hydrogen (secondary N) is 1. The number of rotatable bonds is 4. The van der Waals surface area contributed by atoms with Crippen LogP contribution in [0.2, 0.25) is 0 Å². The summed E-state index contributed by atoms with van der Waals surface area (Å²) in [7, 11) is 0. The number of aryl methyl sites for hydroxylation is 2. The van der Waals surface area contributed by atoms with Gasteiger partial charge >= 0.3 is 6.03 Å². The Morgan fingerprint density at radius 3 is 2.66 bits per heavy atom. The van der Waals surface area contributed by atoms with Crippen LogP contribution in [0.5, 0.6) is 0 Å². The fourth-order valence-electron chi connectivity index (χ4n) is 3.65. The van der Waals surface area contributed by atoms with E-state index >= 15 is 0 Å². The quantitative estimate of drug-likeness (QED) is 0.853. The van der Waals surface area contributed by atoms with Crippen molar-refractivity contribution < 1.29 is 14.1 Å². The van der Waals surface area contributed by atoms with Crippen molar-refractivity contribution >= 4 is 17.6 Å². The van der Waals surface area contributed by atoms with Gasteiger partial charge in [0.1, 0.15) is 6.04 Å². The standard InChI is InChI=1S/C20H24N6O3/c1-12-6-8-15(9-7-12)18-16(25-10-4-5-17(25)27)11-26(23-18)20(28)21-13(2)19-22-14(3)24-29-19/h6-9,13,16H,4-5,10-11H2,1-3H3,(H,21,28)/t13-,16?/m1/s1. The van der Waals surface area contributed by atoms with Crippen molar-refractivity contribution in [3.63, 3.8) is 0 Å². The van der Waals surface area contributed by atoms with E-state index in [4.69, 9.17) is 4.52 Å². The van der Waals surface area contributed by atoms with Gasteiger partial charge in [-0.1, -0.05) is 35.0 Å². The third-order valence-electron chi connectivity index (χ3n) is 5.21. The highest BCUT2D eigenvalue weighted by atomic mass is 16.5. The summed E-state index contributed by atoms with van der Waals surface area (Å²) in [6.45, 7) is 6.50. The molecule has 0 bridgehead atoms. The van der Waals surface area contributed by atoms with Crippen LogP contribution in [0.3, 0.4) is 0 Å². The van der Waals surface area contributed by atoms with Crippen molar-refractivity contribution in [2.75, 3.05) is 13.1 Å². The summed E-state index contributed by atoms with van der Waals surface area (Å²) in [5.41, 5.74) is 2.78. The molecular weight excluding hydrogens is 372 g/mol. The molecule has 1 aromatic carbocycles. The van der Waals surface area contributed by atoms with Gasteiger partial charge in [0, 0.05) is 13.0 Å². The first-order valence-electron chi connectivity index (χ1n) is 9.75. The maximum absolute atomic E-state index is 12.8. The minimum Gasteiger partial charge on any atom is -0.337 e. The molecule has 29 heavy (non-hydrogen) atoms. The van der Waals surface area contributed by atoms with Crippen LogP contribution < -0.4 is 5.32 Å². The molecule has 2 aliphatic rings. The molecule has 0 aliphatic carbocycles. The zero-order valence-corrected chi connectivity index (χ0v) is 16.8. The normalized spacial score (nSPS) is 20.2. The molecule has 2 atom stereocenters. The predicted octanol–water partition coefficient (Wildman–Crippen LogP) is 2.17. The average molecular weight is 396 g/mol. The van der Waals surface area contributed by atoms with E-state index in [1.54, 1.807) is 13.8 Å². The minimum absolute atomic E-state index is 0.103. The number of carbonyl (C=O) groups excluding carboxylic acids is 2. The van der Waals surface area contributed by atoms with Crippen molar-refractivity contribution in [3.05, 3.63) is 47.1 Å². The van der Waals surface area contributed by atoms with E-state index in [-0.39, 0.29) is 18.0 Å². The number of benzene rings is 1. The van der Waals surface area contributed by atoms with Crippen LogP contribution in [-0.2, 0) is 4.79 Å². The van der Waals surface area contributed by atoms with E-state index in [9.17, 15) is 9.59 Å². The molecule has 0 saturated carbocycles. The number of hydrazone groups is 1. The Kier molecular flexibility index (Phi) is 5.04. The van der Waals surface area contributed by atoms with Gasteiger partial charge in [-0.3, -0.25) is 4.79 Å². The monoisotopic (exact) mass is 396 g/mol. The third kappa shape index (κ3) is 3.85. The Labute approximate surface area is 168 Å². The molecule has 9 heteroatoms. The highest BCUT2D eigenvalue weighted by Crippen LogP contribution is 2.24. The molecule has 1 aromatic heterocycles. The summed E-state index contributed by atoms with van der Waals surface area (Å²) in [6.07, 6.45) is 1.37. The molecule has 1 saturated heterocycles.